The third-order valence-electron chi connectivity index (χ3n) is 3.11. The van der Waals surface area contributed by atoms with Gasteiger partial charge in [0, 0.05) is 19.3 Å². The summed E-state index contributed by atoms with van der Waals surface area (Å²) in [5.41, 5.74) is 7.04. The van der Waals surface area contributed by atoms with Gasteiger partial charge in [0.25, 0.3) is 0 Å². The summed E-state index contributed by atoms with van der Waals surface area (Å²) in [4.78, 5) is 0. The Morgan fingerprint density at radius 2 is 2.06 bits per heavy atom. The summed E-state index contributed by atoms with van der Waals surface area (Å²) < 4.78 is 19.2. The summed E-state index contributed by atoms with van der Waals surface area (Å²) in [6, 6.07) is 4.90. The Kier molecular flexibility index (Phi) is 3.95. The SMILES string of the molecule is N[C@H](c1cccc(F)c1Br)C1CCOCC1. The molecular weight excluding hydrogens is 273 g/mol. The molecule has 0 amide bonds. The van der Waals surface area contributed by atoms with E-state index in [4.69, 9.17) is 10.5 Å². The lowest BCUT2D eigenvalue weighted by Crippen LogP contribution is -2.27. The number of hydrogen-bond donors (Lipinski definition) is 1. The van der Waals surface area contributed by atoms with Crippen LogP contribution in [0.2, 0.25) is 0 Å². The van der Waals surface area contributed by atoms with Crippen molar-refractivity contribution in [3.8, 4) is 0 Å². The summed E-state index contributed by atoms with van der Waals surface area (Å²) >= 11 is 3.26. The Morgan fingerprint density at radius 3 is 2.75 bits per heavy atom. The van der Waals surface area contributed by atoms with E-state index in [1.807, 2.05) is 6.07 Å². The normalized spacial score (nSPS) is 19.7. The molecule has 1 aromatic carbocycles. The maximum Gasteiger partial charge on any atom is 0.137 e. The third-order valence-corrected chi connectivity index (χ3v) is 3.95. The highest BCUT2D eigenvalue weighted by atomic mass is 79.9. The van der Waals surface area contributed by atoms with Crippen molar-refractivity contribution >= 4 is 15.9 Å². The fraction of sp³-hybridized carbons (Fsp3) is 0.500. The van der Waals surface area contributed by atoms with Gasteiger partial charge >= 0.3 is 0 Å². The van der Waals surface area contributed by atoms with Gasteiger partial charge in [0.2, 0.25) is 0 Å². The highest BCUT2D eigenvalue weighted by Gasteiger charge is 2.24. The molecule has 0 aliphatic carbocycles. The van der Waals surface area contributed by atoms with E-state index in [1.54, 1.807) is 6.07 Å². The van der Waals surface area contributed by atoms with E-state index in [0.29, 0.717) is 10.4 Å². The van der Waals surface area contributed by atoms with Gasteiger partial charge in [-0.15, -0.1) is 0 Å². The molecule has 2 rings (SSSR count). The zero-order valence-corrected chi connectivity index (χ0v) is 10.5. The molecule has 1 fully saturated rings. The van der Waals surface area contributed by atoms with Crippen LogP contribution in [0.5, 0.6) is 0 Å². The third kappa shape index (κ3) is 2.44. The molecule has 1 saturated heterocycles. The molecule has 0 bridgehead atoms. The van der Waals surface area contributed by atoms with Crippen molar-refractivity contribution in [1.82, 2.24) is 0 Å². The monoisotopic (exact) mass is 287 g/mol. The molecule has 0 saturated carbocycles. The largest absolute Gasteiger partial charge is 0.381 e. The molecular formula is C12H15BrFNO. The van der Waals surface area contributed by atoms with Crippen LogP contribution < -0.4 is 5.73 Å². The number of nitrogens with two attached hydrogens (primary N) is 1. The molecule has 4 heteroatoms. The van der Waals surface area contributed by atoms with E-state index in [2.05, 4.69) is 15.9 Å². The molecule has 1 aliphatic heterocycles. The van der Waals surface area contributed by atoms with Crippen molar-refractivity contribution in [2.45, 2.75) is 18.9 Å². The van der Waals surface area contributed by atoms with Crippen molar-refractivity contribution in [1.29, 1.82) is 0 Å². The van der Waals surface area contributed by atoms with Crippen LogP contribution >= 0.6 is 15.9 Å². The van der Waals surface area contributed by atoms with Crippen molar-refractivity contribution < 1.29 is 9.13 Å². The molecule has 1 heterocycles. The number of rotatable bonds is 2. The summed E-state index contributed by atoms with van der Waals surface area (Å²) in [6.07, 6.45) is 1.90. The number of benzene rings is 1. The lowest BCUT2D eigenvalue weighted by molar-refractivity contribution is 0.0583. The predicted octanol–water partition coefficient (Wildman–Crippen LogP) is 3.01. The van der Waals surface area contributed by atoms with Gasteiger partial charge < -0.3 is 10.5 Å². The van der Waals surface area contributed by atoms with Crippen LogP contribution in [0, 0.1) is 11.7 Å². The zero-order chi connectivity index (χ0) is 11.5. The van der Waals surface area contributed by atoms with E-state index >= 15 is 0 Å². The highest BCUT2D eigenvalue weighted by Crippen LogP contribution is 2.33. The fourth-order valence-corrected chi connectivity index (χ4v) is 2.64. The Hall–Kier alpha value is -0.450. The molecule has 16 heavy (non-hydrogen) atoms. The van der Waals surface area contributed by atoms with Gasteiger partial charge in [0.05, 0.1) is 4.47 Å². The van der Waals surface area contributed by atoms with Gasteiger partial charge in [0.15, 0.2) is 0 Å². The van der Waals surface area contributed by atoms with Gasteiger partial charge in [-0.25, -0.2) is 4.39 Å². The topological polar surface area (TPSA) is 35.2 Å². The zero-order valence-electron chi connectivity index (χ0n) is 8.96. The summed E-state index contributed by atoms with van der Waals surface area (Å²) in [6.45, 7) is 1.51. The van der Waals surface area contributed by atoms with Gasteiger partial charge in [-0.05, 0) is 46.3 Å². The van der Waals surface area contributed by atoms with Crippen LogP contribution in [0.25, 0.3) is 0 Å². The fourth-order valence-electron chi connectivity index (χ4n) is 2.11. The van der Waals surface area contributed by atoms with Crippen LogP contribution in [0.3, 0.4) is 0 Å². The van der Waals surface area contributed by atoms with E-state index in [0.717, 1.165) is 31.6 Å². The van der Waals surface area contributed by atoms with Crippen LogP contribution in [0.1, 0.15) is 24.4 Å². The molecule has 2 N–H and O–H groups in total. The minimum atomic E-state index is -0.250. The van der Waals surface area contributed by atoms with E-state index < -0.39 is 0 Å². The average Bonchev–Trinajstić information content (AvgIpc) is 2.33. The van der Waals surface area contributed by atoms with Crippen molar-refractivity contribution in [3.63, 3.8) is 0 Å². The second-order valence-electron chi connectivity index (χ2n) is 4.12. The number of hydrogen-bond acceptors (Lipinski definition) is 2. The number of ether oxygens (including phenoxy) is 1. The smallest absolute Gasteiger partial charge is 0.137 e. The van der Waals surface area contributed by atoms with Crippen molar-refractivity contribution in [2.75, 3.05) is 13.2 Å². The molecule has 2 nitrogen and oxygen atoms in total. The predicted molar refractivity (Wildman–Crippen MR) is 64.6 cm³/mol. The van der Waals surface area contributed by atoms with Crippen molar-refractivity contribution in [2.24, 2.45) is 11.7 Å². The van der Waals surface area contributed by atoms with Crippen LogP contribution in [-0.4, -0.2) is 13.2 Å². The second kappa shape index (κ2) is 5.25. The van der Waals surface area contributed by atoms with Crippen LogP contribution in [0.4, 0.5) is 4.39 Å². The highest BCUT2D eigenvalue weighted by molar-refractivity contribution is 9.10. The maximum atomic E-state index is 13.4. The Bertz CT molecular complexity index is 366. The molecule has 88 valence electrons. The minimum absolute atomic E-state index is 0.117. The Labute approximate surface area is 103 Å². The molecule has 0 spiro atoms. The lowest BCUT2D eigenvalue weighted by Gasteiger charge is -2.28. The van der Waals surface area contributed by atoms with E-state index in [-0.39, 0.29) is 11.9 Å². The lowest BCUT2D eigenvalue weighted by atomic mass is 9.88. The quantitative estimate of drug-likeness (QED) is 0.908. The first kappa shape index (κ1) is 12.0. The first-order valence-corrected chi connectivity index (χ1v) is 6.26. The molecule has 1 aromatic rings. The van der Waals surface area contributed by atoms with Crippen LogP contribution in [0.15, 0.2) is 22.7 Å². The Balaban J connectivity index is 2.19. The van der Waals surface area contributed by atoms with Crippen molar-refractivity contribution in [3.05, 3.63) is 34.1 Å². The van der Waals surface area contributed by atoms with Gasteiger partial charge in [-0.2, -0.15) is 0 Å². The van der Waals surface area contributed by atoms with Gasteiger partial charge in [0.1, 0.15) is 5.82 Å². The second-order valence-corrected chi connectivity index (χ2v) is 4.91. The van der Waals surface area contributed by atoms with E-state index in [1.165, 1.54) is 6.07 Å². The van der Waals surface area contributed by atoms with Crippen LogP contribution in [-0.2, 0) is 4.74 Å². The molecule has 0 aromatic heterocycles. The van der Waals surface area contributed by atoms with Gasteiger partial charge in [-0.1, -0.05) is 12.1 Å². The standard InChI is InChI=1S/C12H15BrFNO/c13-11-9(2-1-3-10(11)14)12(15)8-4-6-16-7-5-8/h1-3,8,12H,4-7,15H2/t12-/m0/s1. The Morgan fingerprint density at radius 1 is 1.38 bits per heavy atom. The number of halogens is 2. The minimum Gasteiger partial charge on any atom is -0.381 e. The van der Waals surface area contributed by atoms with Gasteiger partial charge in [-0.3, -0.25) is 0 Å². The average molecular weight is 288 g/mol. The first-order valence-electron chi connectivity index (χ1n) is 5.47. The summed E-state index contributed by atoms with van der Waals surface area (Å²) in [5.74, 6) is 0.131. The summed E-state index contributed by atoms with van der Waals surface area (Å²) in [7, 11) is 0. The van der Waals surface area contributed by atoms with E-state index in [9.17, 15) is 4.39 Å². The first-order chi connectivity index (χ1) is 7.70. The molecule has 1 atom stereocenters. The molecule has 1 aliphatic rings. The summed E-state index contributed by atoms with van der Waals surface area (Å²) in [5, 5.41) is 0. The molecule has 0 unspecified atom stereocenters. The maximum absolute atomic E-state index is 13.4. The molecule has 0 radical (unpaired) electrons.